The van der Waals surface area contributed by atoms with Gasteiger partial charge >= 0.3 is 0 Å². The highest BCUT2D eigenvalue weighted by Gasteiger charge is 2.57. The molecule has 3 amide bonds. The molecular formula is C24H27F2N5O4. The van der Waals surface area contributed by atoms with E-state index in [1.54, 1.807) is 24.3 Å². The quantitative estimate of drug-likeness (QED) is 0.430. The van der Waals surface area contributed by atoms with Gasteiger partial charge in [-0.3, -0.25) is 14.4 Å². The number of piperidine rings is 1. The van der Waals surface area contributed by atoms with Gasteiger partial charge in [0.25, 0.3) is 11.8 Å². The van der Waals surface area contributed by atoms with Crippen molar-refractivity contribution in [2.24, 2.45) is 11.8 Å². The van der Waals surface area contributed by atoms with E-state index in [2.05, 4.69) is 20.9 Å². The summed E-state index contributed by atoms with van der Waals surface area (Å²) in [5, 5.41) is 18.0. The van der Waals surface area contributed by atoms with Gasteiger partial charge in [0.2, 0.25) is 11.8 Å². The molecule has 1 saturated heterocycles. The number of carbonyl (C=O) groups excluding carboxylic acids is 3. The molecule has 1 aliphatic heterocycles. The summed E-state index contributed by atoms with van der Waals surface area (Å²) in [6.45, 7) is 0.572. The number of nitrogens with one attached hydrogen (secondary N) is 4. The fourth-order valence-electron chi connectivity index (χ4n) is 4.47. The number of amides is 3. The minimum Gasteiger partial charge on any atom is -0.496 e. The van der Waals surface area contributed by atoms with Gasteiger partial charge < -0.3 is 25.7 Å². The maximum atomic E-state index is 13.6. The summed E-state index contributed by atoms with van der Waals surface area (Å²) < 4.78 is 32.5. The van der Waals surface area contributed by atoms with Crippen molar-refractivity contribution >= 4 is 28.6 Å². The Morgan fingerprint density at radius 3 is 2.74 bits per heavy atom. The molecule has 4 atom stereocenters. The molecule has 1 aliphatic carbocycles. The third-order valence-electron chi connectivity index (χ3n) is 6.58. The zero-order valence-corrected chi connectivity index (χ0v) is 19.2. The predicted octanol–water partition coefficient (Wildman–Crippen LogP) is 2.24. The Bertz CT molecular complexity index is 1170. The van der Waals surface area contributed by atoms with E-state index in [-0.39, 0.29) is 30.9 Å². The highest BCUT2D eigenvalue weighted by molar-refractivity contribution is 6.01. The summed E-state index contributed by atoms with van der Waals surface area (Å²) >= 11 is 0. The summed E-state index contributed by atoms with van der Waals surface area (Å²) in [6, 6.07) is 6.49. The van der Waals surface area contributed by atoms with Crippen LogP contribution in [0, 0.1) is 23.2 Å². The zero-order valence-electron chi connectivity index (χ0n) is 19.2. The van der Waals surface area contributed by atoms with Crippen molar-refractivity contribution in [2.75, 3.05) is 13.7 Å². The van der Waals surface area contributed by atoms with Crippen LogP contribution in [-0.2, 0) is 9.59 Å². The third-order valence-corrected chi connectivity index (χ3v) is 6.58. The standard InChI is InChI=1S/C24H27F2N5O4/c1-35-20-6-2-5-17-16(20)10-19(30-17)23(34)31-18(9-14-11-24(14,25)26)22(33)29-15(12-27)8-13-4-3-7-28-21(13)32/h2,5-6,10,13-15,18,30H,3-4,7-9,11H2,1H3,(H,28,32)(H,29,33)(H,31,34). The Labute approximate surface area is 200 Å². The third kappa shape index (κ3) is 5.53. The van der Waals surface area contributed by atoms with Gasteiger partial charge in [0.05, 0.1) is 13.2 Å². The number of hydrogen-bond donors (Lipinski definition) is 4. The van der Waals surface area contributed by atoms with Crippen LogP contribution in [0.5, 0.6) is 5.75 Å². The molecule has 186 valence electrons. The van der Waals surface area contributed by atoms with E-state index in [0.29, 0.717) is 29.6 Å². The van der Waals surface area contributed by atoms with Gasteiger partial charge in [-0.15, -0.1) is 0 Å². The van der Waals surface area contributed by atoms with Crippen molar-refractivity contribution in [2.45, 2.75) is 50.1 Å². The fraction of sp³-hybridized carbons (Fsp3) is 0.500. The topological polar surface area (TPSA) is 136 Å². The molecule has 4 unspecified atom stereocenters. The van der Waals surface area contributed by atoms with E-state index in [9.17, 15) is 28.4 Å². The zero-order chi connectivity index (χ0) is 25.2. The molecule has 2 fully saturated rings. The van der Waals surface area contributed by atoms with Crippen molar-refractivity contribution in [3.8, 4) is 11.8 Å². The SMILES string of the molecule is COc1cccc2[nH]c(C(=O)NC(CC3CC3(F)F)C(=O)NC(C#N)CC3CCCNC3=O)cc12. The molecule has 0 bridgehead atoms. The van der Waals surface area contributed by atoms with E-state index < -0.39 is 41.7 Å². The number of nitriles is 1. The summed E-state index contributed by atoms with van der Waals surface area (Å²) in [4.78, 5) is 40.9. The number of benzene rings is 1. The largest absolute Gasteiger partial charge is 0.496 e. The van der Waals surface area contributed by atoms with Crippen LogP contribution in [0.4, 0.5) is 8.78 Å². The number of hydrogen-bond acceptors (Lipinski definition) is 5. The number of fused-ring (bicyclic) bond motifs is 1. The number of methoxy groups -OCH3 is 1. The lowest BCUT2D eigenvalue weighted by molar-refractivity contribution is -0.128. The number of aromatic amines is 1. The second-order valence-corrected chi connectivity index (χ2v) is 9.08. The van der Waals surface area contributed by atoms with E-state index in [1.807, 2.05) is 6.07 Å². The predicted molar refractivity (Wildman–Crippen MR) is 122 cm³/mol. The van der Waals surface area contributed by atoms with Gasteiger partial charge in [-0.25, -0.2) is 8.78 Å². The monoisotopic (exact) mass is 487 g/mol. The highest BCUT2D eigenvalue weighted by Crippen LogP contribution is 2.51. The van der Waals surface area contributed by atoms with Gasteiger partial charge in [-0.1, -0.05) is 6.07 Å². The molecule has 1 aromatic heterocycles. The number of ether oxygens (including phenoxy) is 1. The van der Waals surface area contributed by atoms with Crippen LogP contribution in [0.3, 0.4) is 0 Å². The maximum absolute atomic E-state index is 13.6. The number of carbonyl (C=O) groups is 3. The Morgan fingerprint density at radius 1 is 1.31 bits per heavy atom. The smallest absolute Gasteiger partial charge is 0.268 e. The van der Waals surface area contributed by atoms with Crippen molar-refractivity contribution in [3.63, 3.8) is 0 Å². The molecule has 4 rings (SSSR count). The first-order valence-electron chi connectivity index (χ1n) is 11.5. The van der Waals surface area contributed by atoms with E-state index in [1.165, 1.54) is 7.11 Å². The van der Waals surface area contributed by atoms with Gasteiger partial charge in [0.1, 0.15) is 23.5 Å². The van der Waals surface area contributed by atoms with Crippen molar-refractivity contribution in [1.29, 1.82) is 5.26 Å². The number of aromatic nitrogens is 1. The van der Waals surface area contributed by atoms with Crippen LogP contribution >= 0.6 is 0 Å². The first-order chi connectivity index (χ1) is 16.7. The molecule has 0 spiro atoms. The number of H-pyrrole nitrogens is 1. The molecule has 0 radical (unpaired) electrons. The van der Waals surface area contributed by atoms with Gasteiger partial charge in [-0.2, -0.15) is 5.26 Å². The van der Waals surface area contributed by atoms with Gasteiger partial charge in [0, 0.05) is 35.7 Å². The van der Waals surface area contributed by atoms with Crippen molar-refractivity contribution < 1.29 is 27.9 Å². The fourth-order valence-corrected chi connectivity index (χ4v) is 4.47. The molecule has 2 aromatic rings. The average molecular weight is 488 g/mol. The maximum Gasteiger partial charge on any atom is 0.268 e. The Balaban J connectivity index is 1.47. The molecule has 2 heterocycles. The molecule has 9 nitrogen and oxygen atoms in total. The van der Waals surface area contributed by atoms with Crippen molar-refractivity contribution in [1.82, 2.24) is 20.9 Å². The van der Waals surface area contributed by atoms with E-state index >= 15 is 0 Å². The summed E-state index contributed by atoms with van der Waals surface area (Å²) in [7, 11) is 1.50. The van der Waals surface area contributed by atoms with Gasteiger partial charge in [-0.05, 0) is 43.9 Å². The number of nitrogens with zero attached hydrogens (tertiary/aromatic N) is 1. The van der Waals surface area contributed by atoms with Crippen LogP contribution in [0.25, 0.3) is 10.9 Å². The molecule has 4 N–H and O–H groups in total. The number of rotatable bonds is 9. The van der Waals surface area contributed by atoms with Crippen LogP contribution in [0.2, 0.25) is 0 Å². The van der Waals surface area contributed by atoms with Crippen LogP contribution < -0.4 is 20.7 Å². The van der Waals surface area contributed by atoms with E-state index in [4.69, 9.17) is 4.74 Å². The highest BCUT2D eigenvalue weighted by atomic mass is 19.3. The molecule has 35 heavy (non-hydrogen) atoms. The van der Waals surface area contributed by atoms with E-state index in [0.717, 1.165) is 6.42 Å². The Kier molecular flexibility index (Phi) is 6.91. The lowest BCUT2D eigenvalue weighted by Gasteiger charge is -2.25. The van der Waals surface area contributed by atoms with Crippen molar-refractivity contribution in [3.05, 3.63) is 30.0 Å². The summed E-state index contributed by atoms with van der Waals surface area (Å²) in [6.07, 6.45) is 0.845. The summed E-state index contributed by atoms with van der Waals surface area (Å²) in [5.74, 6) is -5.35. The molecule has 11 heteroatoms. The number of alkyl halides is 2. The molecule has 2 aliphatic rings. The number of halogens is 2. The average Bonchev–Trinajstić information content (AvgIpc) is 3.22. The first kappa shape index (κ1) is 24.4. The molecular weight excluding hydrogens is 460 g/mol. The lowest BCUT2D eigenvalue weighted by Crippen LogP contribution is -2.51. The van der Waals surface area contributed by atoms with Crippen LogP contribution in [0.15, 0.2) is 24.3 Å². The first-order valence-corrected chi connectivity index (χ1v) is 11.5. The molecule has 1 aromatic carbocycles. The van der Waals surface area contributed by atoms with Crippen LogP contribution in [0.1, 0.15) is 42.6 Å². The second-order valence-electron chi connectivity index (χ2n) is 9.08. The Morgan fingerprint density at radius 2 is 2.09 bits per heavy atom. The normalized spacial score (nSPS) is 22.4. The van der Waals surface area contributed by atoms with Gasteiger partial charge in [0.15, 0.2) is 0 Å². The minimum absolute atomic E-state index is 0.107. The molecule has 1 saturated carbocycles. The minimum atomic E-state index is -2.88. The second kappa shape index (κ2) is 9.90. The van der Waals surface area contributed by atoms with Crippen LogP contribution in [-0.4, -0.2) is 54.4 Å². The lowest BCUT2D eigenvalue weighted by atomic mass is 9.92. The summed E-state index contributed by atoms with van der Waals surface area (Å²) in [5.41, 5.74) is 0.778. The Hall–Kier alpha value is -3.68.